The van der Waals surface area contributed by atoms with Crippen molar-refractivity contribution in [2.24, 2.45) is 4.99 Å². The highest BCUT2D eigenvalue weighted by Gasteiger charge is 2.28. The fourth-order valence-corrected chi connectivity index (χ4v) is 3.38. The Hall–Kier alpha value is -1.26. The largest absolute Gasteiger partial charge is 0.490 e. The van der Waals surface area contributed by atoms with E-state index in [9.17, 15) is 0 Å². The first-order chi connectivity index (χ1) is 14.0. The molecule has 0 bridgehead atoms. The predicted octanol–water partition coefficient (Wildman–Crippen LogP) is 2.92. The highest BCUT2D eigenvalue weighted by molar-refractivity contribution is 14.0. The molecule has 1 aromatic carbocycles. The molecule has 0 aromatic heterocycles. The zero-order chi connectivity index (χ0) is 21.1. The van der Waals surface area contributed by atoms with E-state index in [4.69, 9.17) is 14.2 Å². The van der Waals surface area contributed by atoms with Crippen LogP contribution in [-0.2, 0) is 11.2 Å². The molecular weight excluding hydrogens is 495 g/mol. The van der Waals surface area contributed by atoms with E-state index in [1.807, 2.05) is 19.9 Å². The van der Waals surface area contributed by atoms with Gasteiger partial charge in [-0.25, -0.2) is 0 Å². The average Bonchev–Trinajstić information content (AvgIpc) is 2.73. The van der Waals surface area contributed by atoms with E-state index in [1.54, 1.807) is 7.05 Å². The molecule has 0 unspecified atom stereocenters. The Balaban J connectivity index is 0.00000450. The quantitative estimate of drug-likeness (QED) is 0.274. The van der Waals surface area contributed by atoms with Crippen LogP contribution in [-0.4, -0.2) is 76.1 Å². The summed E-state index contributed by atoms with van der Waals surface area (Å²) in [4.78, 5) is 6.82. The van der Waals surface area contributed by atoms with Crippen LogP contribution in [0, 0.1) is 0 Å². The highest BCUT2D eigenvalue weighted by atomic mass is 127. The lowest BCUT2D eigenvalue weighted by Crippen LogP contribution is -2.56. The number of aliphatic imine (C=N–C) groups is 1. The van der Waals surface area contributed by atoms with Crippen LogP contribution in [0.4, 0.5) is 0 Å². The predicted molar refractivity (Wildman–Crippen MR) is 134 cm³/mol. The lowest BCUT2D eigenvalue weighted by molar-refractivity contribution is -0.00833. The maximum absolute atomic E-state index is 5.72. The SMILES string of the molecule is CCOc1ccc(CCNC(=NC)NCC(C)(C)N2CCOCC2)cc1OCC.I. The second-order valence-electron chi connectivity index (χ2n) is 7.66. The van der Waals surface area contributed by atoms with Crippen molar-refractivity contribution in [2.45, 2.75) is 39.7 Å². The van der Waals surface area contributed by atoms with Crippen LogP contribution >= 0.6 is 24.0 Å². The summed E-state index contributed by atoms with van der Waals surface area (Å²) in [5.74, 6) is 2.43. The van der Waals surface area contributed by atoms with Crippen molar-refractivity contribution >= 4 is 29.9 Å². The van der Waals surface area contributed by atoms with Crippen molar-refractivity contribution in [3.8, 4) is 11.5 Å². The summed E-state index contributed by atoms with van der Waals surface area (Å²) in [6, 6.07) is 6.14. The Morgan fingerprint density at radius 3 is 2.40 bits per heavy atom. The van der Waals surface area contributed by atoms with Crippen LogP contribution in [0.25, 0.3) is 0 Å². The molecule has 30 heavy (non-hydrogen) atoms. The third kappa shape index (κ3) is 8.47. The maximum atomic E-state index is 5.72. The third-order valence-corrected chi connectivity index (χ3v) is 5.09. The monoisotopic (exact) mass is 534 g/mol. The molecule has 1 heterocycles. The topological polar surface area (TPSA) is 67.4 Å². The van der Waals surface area contributed by atoms with Crippen molar-refractivity contribution < 1.29 is 14.2 Å². The number of halogens is 1. The molecule has 0 radical (unpaired) electrons. The van der Waals surface area contributed by atoms with Crippen molar-refractivity contribution in [1.29, 1.82) is 0 Å². The molecule has 1 fully saturated rings. The number of morpholine rings is 1. The van der Waals surface area contributed by atoms with Crippen molar-refractivity contribution in [3.05, 3.63) is 23.8 Å². The van der Waals surface area contributed by atoms with E-state index in [0.717, 1.165) is 63.3 Å². The first-order valence-corrected chi connectivity index (χ1v) is 10.7. The molecule has 7 nitrogen and oxygen atoms in total. The summed E-state index contributed by atoms with van der Waals surface area (Å²) in [5.41, 5.74) is 1.25. The number of hydrogen-bond acceptors (Lipinski definition) is 5. The molecular formula is C22H39IN4O3. The van der Waals surface area contributed by atoms with Crippen molar-refractivity contribution in [2.75, 3.05) is 59.7 Å². The minimum absolute atomic E-state index is 0. The minimum Gasteiger partial charge on any atom is -0.490 e. The van der Waals surface area contributed by atoms with E-state index in [0.29, 0.717) is 13.2 Å². The first kappa shape index (κ1) is 26.8. The van der Waals surface area contributed by atoms with Crippen molar-refractivity contribution in [3.63, 3.8) is 0 Å². The zero-order valence-corrected chi connectivity index (χ0v) is 21.5. The van der Waals surface area contributed by atoms with Gasteiger partial charge in [-0.15, -0.1) is 24.0 Å². The molecule has 2 rings (SSSR count). The Kier molecular flexibility index (Phi) is 12.4. The average molecular weight is 534 g/mol. The molecule has 1 aromatic rings. The molecule has 172 valence electrons. The molecule has 2 N–H and O–H groups in total. The van der Waals surface area contributed by atoms with Gasteiger partial charge in [-0.3, -0.25) is 9.89 Å². The maximum Gasteiger partial charge on any atom is 0.191 e. The fraction of sp³-hybridized carbons (Fsp3) is 0.682. The van der Waals surface area contributed by atoms with Gasteiger partial charge in [0.2, 0.25) is 0 Å². The van der Waals surface area contributed by atoms with Gasteiger partial charge in [0, 0.05) is 38.8 Å². The summed E-state index contributed by atoms with van der Waals surface area (Å²) in [6.07, 6.45) is 0.875. The summed E-state index contributed by atoms with van der Waals surface area (Å²) in [7, 11) is 1.81. The number of hydrogen-bond donors (Lipinski definition) is 2. The number of guanidine groups is 1. The minimum atomic E-state index is 0. The van der Waals surface area contributed by atoms with Gasteiger partial charge in [0.1, 0.15) is 0 Å². The number of ether oxygens (including phenoxy) is 3. The molecule has 8 heteroatoms. The lowest BCUT2D eigenvalue weighted by Gasteiger charge is -2.41. The van der Waals surface area contributed by atoms with Gasteiger partial charge in [0.05, 0.1) is 26.4 Å². The van der Waals surface area contributed by atoms with Gasteiger partial charge in [0.25, 0.3) is 0 Å². The van der Waals surface area contributed by atoms with Crippen LogP contribution < -0.4 is 20.1 Å². The Morgan fingerprint density at radius 2 is 1.77 bits per heavy atom. The number of benzene rings is 1. The van der Waals surface area contributed by atoms with E-state index in [2.05, 4.69) is 46.5 Å². The Bertz CT molecular complexity index is 649. The fourth-order valence-electron chi connectivity index (χ4n) is 3.38. The molecule has 0 atom stereocenters. The van der Waals surface area contributed by atoms with Gasteiger partial charge >= 0.3 is 0 Å². The van der Waals surface area contributed by atoms with Gasteiger partial charge in [-0.05, 0) is 51.8 Å². The second kappa shape index (κ2) is 13.9. The zero-order valence-electron chi connectivity index (χ0n) is 19.1. The first-order valence-electron chi connectivity index (χ1n) is 10.7. The summed E-state index contributed by atoms with van der Waals surface area (Å²) in [5, 5.41) is 6.87. The molecule has 0 aliphatic carbocycles. The third-order valence-electron chi connectivity index (χ3n) is 5.09. The molecule has 0 amide bonds. The van der Waals surface area contributed by atoms with Crippen LogP contribution in [0.5, 0.6) is 11.5 Å². The van der Waals surface area contributed by atoms with Crippen LogP contribution in [0.3, 0.4) is 0 Å². The Labute approximate surface area is 199 Å². The summed E-state index contributed by atoms with van der Waals surface area (Å²) < 4.78 is 16.8. The number of nitrogens with zero attached hydrogens (tertiary/aromatic N) is 2. The van der Waals surface area contributed by atoms with Crippen LogP contribution in [0.1, 0.15) is 33.3 Å². The standard InChI is InChI=1S/C22H38N4O3.HI/c1-6-28-19-9-8-18(16-20(19)29-7-2)10-11-24-21(23-5)25-17-22(3,4)26-12-14-27-15-13-26;/h8-9,16H,6-7,10-15,17H2,1-5H3,(H2,23,24,25);1H. The normalized spacial score (nSPS) is 15.3. The Morgan fingerprint density at radius 1 is 1.10 bits per heavy atom. The van der Waals surface area contributed by atoms with E-state index in [1.165, 1.54) is 5.56 Å². The van der Waals surface area contributed by atoms with Crippen LogP contribution in [0.2, 0.25) is 0 Å². The number of rotatable bonds is 10. The second-order valence-corrected chi connectivity index (χ2v) is 7.66. The van der Waals surface area contributed by atoms with E-state index < -0.39 is 0 Å². The smallest absolute Gasteiger partial charge is 0.191 e. The van der Waals surface area contributed by atoms with E-state index >= 15 is 0 Å². The van der Waals surface area contributed by atoms with Gasteiger partial charge in [-0.1, -0.05) is 6.07 Å². The van der Waals surface area contributed by atoms with Gasteiger partial charge in [-0.2, -0.15) is 0 Å². The van der Waals surface area contributed by atoms with Gasteiger partial charge < -0.3 is 24.8 Å². The summed E-state index contributed by atoms with van der Waals surface area (Å²) >= 11 is 0. The molecule has 0 spiro atoms. The molecule has 1 aliphatic rings. The number of nitrogens with one attached hydrogen (secondary N) is 2. The summed E-state index contributed by atoms with van der Waals surface area (Å²) in [6.45, 7) is 14.9. The molecule has 1 aliphatic heterocycles. The van der Waals surface area contributed by atoms with Crippen LogP contribution in [0.15, 0.2) is 23.2 Å². The van der Waals surface area contributed by atoms with E-state index in [-0.39, 0.29) is 29.5 Å². The van der Waals surface area contributed by atoms with Gasteiger partial charge in [0.15, 0.2) is 17.5 Å². The molecule has 0 saturated carbocycles. The van der Waals surface area contributed by atoms with Crippen molar-refractivity contribution in [1.82, 2.24) is 15.5 Å². The lowest BCUT2D eigenvalue weighted by atomic mass is 10.0. The highest BCUT2D eigenvalue weighted by Crippen LogP contribution is 2.28. The molecule has 1 saturated heterocycles.